The van der Waals surface area contributed by atoms with Gasteiger partial charge in [-0.25, -0.2) is 0 Å². The van der Waals surface area contributed by atoms with Crippen LogP contribution < -0.4 is 0 Å². The molecule has 0 spiro atoms. The number of rotatable bonds is 5. The number of nitrogens with zero attached hydrogens (tertiary/aromatic N) is 1. The number of hydrogen-bond donors (Lipinski definition) is 0. The first-order valence-corrected chi connectivity index (χ1v) is 9.49. The standard InChI is InChI=1S/C21H31NO2/c1-5-24-21(23)19-11-18-15(4)22(13-16-9-7-6-8-10-16)20(19)12-17(18)14(2)3/h6-10,14-15,17-20H,5,11-13H2,1-4H3/t15-,17-,18+,19+,20-/m1/s1. The fraction of sp³-hybridized carbons (Fsp3) is 0.667. The first kappa shape index (κ1) is 17.5. The van der Waals surface area contributed by atoms with E-state index in [1.807, 2.05) is 6.92 Å². The molecule has 0 radical (unpaired) electrons. The Hall–Kier alpha value is -1.35. The molecule has 1 aromatic rings. The van der Waals surface area contributed by atoms with Crippen molar-refractivity contribution in [2.24, 2.45) is 23.7 Å². The molecule has 24 heavy (non-hydrogen) atoms. The molecule has 2 aliphatic heterocycles. The summed E-state index contributed by atoms with van der Waals surface area (Å²) in [6, 6.07) is 11.5. The zero-order valence-electron chi connectivity index (χ0n) is 15.4. The van der Waals surface area contributed by atoms with E-state index in [2.05, 4.69) is 56.0 Å². The SMILES string of the molecule is CCOC(=O)[C@H]1C[C@@H]2[C@@H](C(C)C)C[C@H]1N(Cc1ccccc1)[C@@H]2C. The van der Waals surface area contributed by atoms with Gasteiger partial charge in [-0.05, 0) is 50.0 Å². The Bertz CT molecular complexity index is 556. The molecule has 1 saturated carbocycles. The van der Waals surface area contributed by atoms with Crippen LogP contribution in [-0.4, -0.2) is 29.6 Å². The molecule has 3 nitrogen and oxygen atoms in total. The van der Waals surface area contributed by atoms with Gasteiger partial charge >= 0.3 is 5.97 Å². The molecule has 2 saturated heterocycles. The molecular formula is C21H31NO2. The second-order valence-corrected chi connectivity index (χ2v) is 7.87. The number of fused-ring (bicyclic) bond motifs is 3. The number of hydrogen-bond acceptors (Lipinski definition) is 3. The van der Waals surface area contributed by atoms with Crippen LogP contribution in [0.3, 0.4) is 0 Å². The summed E-state index contributed by atoms with van der Waals surface area (Å²) >= 11 is 0. The second-order valence-electron chi connectivity index (χ2n) is 7.87. The molecule has 0 amide bonds. The summed E-state index contributed by atoms with van der Waals surface area (Å²) in [6.07, 6.45) is 2.13. The Labute approximate surface area is 146 Å². The zero-order chi connectivity index (χ0) is 17.3. The summed E-state index contributed by atoms with van der Waals surface area (Å²) in [5.74, 6) is 2.06. The molecule has 1 aromatic carbocycles. The molecule has 3 heteroatoms. The molecule has 2 bridgehead atoms. The molecule has 3 aliphatic rings. The monoisotopic (exact) mass is 329 g/mol. The van der Waals surface area contributed by atoms with Crippen molar-refractivity contribution in [3.8, 4) is 0 Å². The molecule has 1 aliphatic carbocycles. The van der Waals surface area contributed by atoms with Gasteiger partial charge < -0.3 is 4.74 Å². The van der Waals surface area contributed by atoms with Crippen LogP contribution in [0.25, 0.3) is 0 Å². The topological polar surface area (TPSA) is 29.5 Å². The van der Waals surface area contributed by atoms with Gasteiger partial charge in [-0.2, -0.15) is 0 Å². The third-order valence-electron chi connectivity index (χ3n) is 6.28. The fourth-order valence-electron chi connectivity index (χ4n) is 5.04. The van der Waals surface area contributed by atoms with Crippen molar-refractivity contribution >= 4 is 5.97 Å². The maximum atomic E-state index is 12.5. The lowest BCUT2D eigenvalue weighted by molar-refractivity contribution is -0.165. The van der Waals surface area contributed by atoms with Gasteiger partial charge in [0.15, 0.2) is 0 Å². The highest BCUT2D eigenvalue weighted by Crippen LogP contribution is 2.49. The minimum Gasteiger partial charge on any atom is -0.466 e. The highest BCUT2D eigenvalue weighted by molar-refractivity contribution is 5.73. The van der Waals surface area contributed by atoms with Gasteiger partial charge in [0.05, 0.1) is 12.5 Å². The Morgan fingerprint density at radius 3 is 2.58 bits per heavy atom. The van der Waals surface area contributed by atoms with Crippen LogP contribution >= 0.6 is 0 Å². The number of carbonyl (C=O) groups excluding carboxylic acids is 1. The minimum absolute atomic E-state index is 0.0136. The highest BCUT2D eigenvalue weighted by Gasteiger charge is 2.52. The van der Waals surface area contributed by atoms with Gasteiger partial charge in [-0.3, -0.25) is 9.69 Å². The first-order chi connectivity index (χ1) is 11.5. The van der Waals surface area contributed by atoms with Crippen molar-refractivity contribution in [3.63, 3.8) is 0 Å². The van der Waals surface area contributed by atoms with Gasteiger partial charge in [0.25, 0.3) is 0 Å². The highest BCUT2D eigenvalue weighted by atomic mass is 16.5. The molecular weight excluding hydrogens is 298 g/mol. The largest absolute Gasteiger partial charge is 0.466 e. The molecule has 4 rings (SSSR count). The van der Waals surface area contributed by atoms with E-state index in [9.17, 15) is 4.79 Å². The van der Waals surface area contributed by atoms with Crippen molar-refractivity contribution in [2.45, 2.75) is 59.2 Å². The third-order valence-corrected chi connectivity index (χ3v) is 6.28. The van der Waals surface area contributed by atoms with Crippen molar-refractivity contribution in [3.05, 3.63) is 35.9 Å². The Morgan fingerprint density at radius 2 is 1.96 bits per heavy atom. The number of esters is 1. The van der Waals surface area contributed by atoms with E-state index in [4.69, 9.17) is 4.74 Å². The predicted octanol–water partition coefficient (Wildman–Crippen LogP) is 4.12. The number of carbonyl (C=O) groups is 1. The van der Waals surface area contributed by atoms with E-state index >= 15 is 0 Å². The lowest BCUT2D eigenvalue weighted by Crippen LogP contribution is -2.62. The summed E-state index contributed by atoms with van der Waals surface area (Å²) in [5, 5.41) is 0. The Kier molecular flexibility index (Phi) is 5.29. The first-order valence-electron chi connectivity index (χ1n) is 9.49. The summed E-state index contributed by atoms with van der Waals surface area (Å²) in [7, 11) is 0. The lowest BCUT2D eigenvalue weighted by Gasteiger charge is -2.57. The van der Waals surface area contributed by atoms with E-state index < -0.39 is 0 Å². The normalized spacial score (nSPS) is 33.0. The molecule has 3 fully saturated rings. The van der Waals surface area contributed by atoms with Crippen molar-refractivity contribution in [1.29, 1.82) is 0 Å². The van der Waals surface area contributed by atoms with E-state index in [1.54, 1.807) is 0 Å². The van der Waals surface area contributed by atoms with Gasteiger partial charge in [-0.15, -0.1) is 0 Å². The molecule has 0 aromatic heterocycles. The smallest absolute Gasteiger partial charge is 0.310 e. The number of benzene rings is 1. The van der Waals surface area contributed by atoms with Gasteiger partial charge in [0, 0.05) is 18.6 Å². The molecule has 0 N–H and O–H groups in total. The minimum atomic E-state index is 0.0136. The van der Waals surface area contributed by atoms with Crippen LogP contribution in [0.1, 0.15) is 46.1 Å². The van der Waals surface area contributed by atoms with Crippen LogP contribution in [-0.2, 0) is 16.1 Å². The Balaban J connectivity index is 1.84. The summed E-state index contributed by atoms with van der Waals surface area (Å²) in [5.41, 5.74) is 1.33. The predicted molar refractivity (Wildman–Crippen MR) is 96.4 cm³/mol. The summed E-state index contributed by atoms with van der Waals surface area (Å²) in [6.45, 7) is 10.3. The zero-order valence-corrected chi connectivity index (χ0v) is 15.4. The third kappa shape index (κ3) is 3.23. The van der Waals surface area contributed by atoms with Crippen LogP contribution in [0.4, 0.5) is 0 Å². The van der Waals surface area contributed by atoms with Gasteiger partial charge in [0.2, 0.25) is 0 Å². The van der Waals surface area contributed by atoms with Crippen LogP contribution in [0.5, 0.6) is 0 Å². The van der Waals surface area contributed by atoms with Crippen LogP contribution in [0.15, 0.2) is 30.3 Å². The summed E-state index contributed by atoms with van der Waals surface area (Å²) in [4.78, 5) is 15.1. The van der Waals surface area contributed by atoms with Crippen LogP contribution in [0, 0.1) is 23.7 Å². The Morgan fingerprint density at radius 1 is 1.25 bits per heavy atom. The average molecular weight is 329 g/mol. The average Bonchev–Trinajstić information content (AvgIpc) is 2.58. The fourth-order valence-corrected chi connectivity index (χ4v) is 5.04. The van der Waals surface area contributed by atoms with E-state index in [-0.39, 0.29) is 11.9 Å². The molecule has 5 atom stereocenters. The number of ether oxygens (including phenoxy) is 1. The molecule has 0 unspecified atom stereocenters. The van der Waals surface area contributed by atoms with E-state index in [0.717, 1.165) is 25.3 Å². The van der Waals surface area contributed by atoms with E-state index in [1.165, 1.54) is 5.56 Å². The lowest BCUT2D eigenvalue weighted by atomic mass is 9.60. The van der Waals surface area contributed by atoms with Crippen molar-refractivity contribution < 1.29 is 9.53 Å². The van der Waals surface area contributed by atoms with Gasteiger partial charge in [0.1, 0.15) is 0 Å². The van der Waals surface area contributed by atoms with Crippen molar-refractivity contribution in [2.75, 3.05) is 6.61 Å². The maximum absolute atomic E-state index is 12.5. The molecule has 132 valence electrons. The molecule has 2 heterocycles. The summed E-state index contributed by atoms with van der Waals surface area (Å²) < 4.78 is 5.40. The van der Waals surface area contributed by atoms with Crippen LogP contribution in [0.2, 0.25) is 0 Å². The second kappa shape index (κ2) is 7.26. The van der Waals surface area contributed by atoms with E-state index in [0.29, 0.717) is 30.5 Å². The number of piperidine rings is 2. The quantitative estimate of drug-likeness (QED) is 0.761. The van der Waals surface area contributed by atoms with Crippen molar-refractivity contribution in [1.82, 2.24) is 4.90 Å². The van der Waals surface area contributed by atoms with Gasteiger partial charge in [-0.1, -0.05) is 44.2 Å². The maximum Gasteiger partial charge on any atom is 0.310 e.